The Labute approximate surface area is 158 Å². The molecule has 1 atom stereocenters. The number of methoxy groups -OCH3 is 1. The summed E-state index contributed by atoms with van der Waals surface area (Å²) in [5.74, 6) is 1.75. The SMILES string of the molecule is COc1ccccc1C[NH+]1COc2c(cc3c(C)c(C)c(=O)oc3c2C)C1. The summed E-state index contributed by atoms with van der Waals surface area (Å²) in [5.41, 5.74) is 5.21. The Kier molecular flexibility index (Phi) is 4.40. The summed E-state index contributed by atoms with van der Waals surface area (Å²) in [7, 11) is 1.70. The minimum atomic E-state index is -0.276. The fourth-order valence-corrected chi connectivity index (χ4v) is 3.84. The van der Waals surface area contributed by atoms with Gasteiger partial charge in [-0.05, 0) is 44.5 Å². The lowest BCUT2D eigenvalue weighted by Crippen LogP contribution is -3.10. The highest BCUT2D eigenvalue weighted by atomic mass is 16.5. The van der Waals surface area contributed by atoms with Crippen LogP contribution in [0, 0.1) is 20.8 Å². The Balaban J connectivity index is 1.72. The van der Waals surface area contributed by atoms with Crippen molar-refractivity contribution in [2.75, 3.05) is 13.8 Å². The Morgan fingerprint density at radius 1 is 1.11 bits per heavy atom. The maximum Gasteiger partial charge on any atom is 0.339 e. The first-order valence-electron chi connectivity index (χ1n) is 9.14. The predicted molar refractivity (Wildman–Crippen MR) is 104 cm³/mol. The van der Waals surface area contributed by atoms with E-state index in [1.807, 2.05) is 39.0 Å². The van der Waals surface area contributed by atoms with Gasteiger partial charge in [0, 0.05) is 27.6 Å². The summed E-state index contributed by atoms with van der Waals surface area (Å²) in [6.07, 6.45) is 0. The lowest BCUT2D eigenvalue weighted by atomic mass is 9.99. The highest BCUT2D eigenvalue weighted by Gasteiger charge is 2.26. The molecule has 0 saturated heterocycles. The number of aryl methyl sites for hydroxylation is 2. The highest BCUT2D eigenvalue weighted by molar-refractivity contribution is 5.86. The van der Waals surface area contributed by atoms with Crippen molar-refractivity contribution in [2.45, 2.75) is 33.9 Å². The molecule has 2 aromatic carbocycles. The fourth-order valence-electron chi connectivity index (χ4n) is 3.84. The van der Waals surface area contributed by atoms with Crippen molar-refractivity contribution in [2.24, 2.45) is 0 Å². The van der Waals surface area contributed by atoms with E-state index in [0.717, 1.165) is 52.2 Å². The molecule has 140 valence electrons. The summed E-state index contributed by atoms with van der Waals surface area (Å²) in [5, 5.41) is 0.991. The first kappa shape index (κ1) is 17.6. The van der Waals surface area contributed by atoms with Gasteiger partial charge >= 0.3 is 5.63 Å². The van der Waals surface area contributed by atoms with Crippen molar-refractivity contribution >= 4 is 11.0 Å². The van der Waals surface area contributed by atoms with Gasteiger partial charge in [-0.3, -0.25) is 4.90 Å². The third-order valence-electron chi connectivity index (χ3n) is 5.50. The average molecular weight is 366 g/mol. The topological polar surface area (TPSA) is 53.1 Å². The molecule has 4 rings (SSSR count). The monoisotopic (exact) mass is 366 g/mol. The van der Waals surface area contributed by atoms with E-state index in [1.165, 1.54) is 4.90 Å². The fraction of sp³-hybridized carbons (Fsp3) is 0.318. The summed E-state index contributed by atoms with van der Waals surface area (Å²) >= 11 is 0. The zero-order chi connectivity index (χ0) is 19.1. The molecule has 0 radical (unpaired) electrons. The molecule has 2 heterocycles. The molecule has 1 aliphatic heterocycles. The van der Waals surface area contributed by atoms with Crippen LogP contribution in [0.3, 0.4) is 0 Å². The Bertz CT molecular complexity index is 1080. The summed E-state index contributed by atoms with van der Waals surface area (Å²) in [6, 6.07) is 10.2. The summed E-state index contributed by atoms with van der Waals surface area (Å²) in [4.78, 5) is 13.4. The largest absolute Gasteiger partial charge is 0.496 e. The number of hydrogen-bond donors (Lipinski definition) is 1. The Morgan fingerprint density at radius 3 is 2.67 bits per heavy atom. The molecule has 0 amide bonds. The van der Waals surface area contributed by atoms with E-state index in [2.05, 4.69) is 12.1 Å². The number of para-hydroxylation sites is 1. The molecule has 5 nitrogen and oxygen atoms in total. The van der Waals surface area contributed by atoms with Crippen LogP contribution in [0.15, 0.2) is 39.5 Å². The smallest absolute Gasteiger partial charge is 0.339 e. The molecule has 3 aromatic rings. The van der Waals surface area contributed by atoms with E-state index >= 15 is 0 Å². The first-order chi connectivity index (χ1) is 13.0. The summed E-state index contributed by atoms with van der Waals surface area (Å²) < 4.78 is 17.1. The molecule has 0 aliphatic carbocycles. The van der Waals surface area contributed by atoms with Crippen LogP contribution in [0.5, 0.6) is 11.5 Å². The molecular formula is C22H24NO4+. The van der Waals surface area contributed by atoms with E-state index in [1.54, 1.807) is 7.11 Å². The second kappa shape index (κ2) is 6.74. The van der Waals surface area contributed by atoms with E-state index in [4.69, 9.17) is 13.9 Å². The molecule has 1 N–H and O–H groups in total. The molecular weight excluding hydrogens is 342 g/mol. The zero-order valence-corrected chi connectivity index (χ0v) is 16.1. The van der Waals surface area contributed by atoms with E-state index in [0.29, 0.717) is 17.9 Å². The van der Waals surface area contributed by atoms with Crippen molar-refractivity contribution < 1.29 is 18.8 Å². The van der Waals surface area contributed by atoms with E-state index in [9.17, 15) is 4.79 Å². The van der Waals surface area contributed by atoms with Crippen LogP contribution in [0.25, 0.3) is 11.0 Å². The molecule has 5 heteroatoms. The third-order valence-corrected chi connectivity index (χ3v) is 5.50. The minimum Gasteiger partial charge on any atom is -0.496 e. The van der Waals surface area contributed by atoms with Gasteiger partial charge in [-0.25, -0.2) is 4.79 Å². The standard InChI is InChI=1S/C22H23NO4/c1-13-14(2)22(24)27-21-15(3)20-17(9-18(13)21)11-23(12-26-20)10-16-7-5-6-8-19(16)25-4/h5-9H,10-12H2,1-4H3/p+1. The number of hydrogen-bond acceptors (Lipinski definition) is 4. The number of fused-ring (bicyclic) bond motifs is 2. The van der Waals surface area contributed by atoms with Crippen LogP contribution in [0.1, 0.15) is 27.8 Å². The van der Waals surface area contributed by atoms with Crippen molar-refractivity contribution in [3.63, 3.8) is 0 Å². The van der Waals surface area contributed by atoms with Crippen LogP contribution in [-0.4, -0.2) is 13.8 Å². The van der Waals surface area contributed by atoms with Crippen LogP contribution in [0.4, 0.5) is 0 Å². The van der Waals surface area contributed by atoms with Gasteiger partial charge in [0.15, 0.2) is 0 Å². The molecule has 27 heavy (non-hydrogen) atoms. The van der Waals surface area contributed by atoms with Gasteiger partial charge in [-0.15, -0.1) is 0 Å². The molecule has 0 bridgehead atoms. The van der Waals surface area contributed by atoms with Gasteiger partial charge in [0.2, 0.25) is 6.73 Å². The average Bonchev–Trinajstić information content (AvgIpc) is 2.68. The number of ether oxygens (including phenoxy) is 2. The van der Waals surface area contributed by atoms with Crippen molar-refractivity contribution in [1.82, 2.24) is 0 Å². The van der Waals surface area contributed by atoms with Crippen molar-refractivity contribution in [1.29, 1.82) is 0 Å². The number of rotatable bonds is 3. The maximum atomic E-state index is 12.1. The lowest BCUT2D eigenvalue weighted by molar-refractivity contribution is -0.945. The molecule has 1 aliphatic rings. The van der Waals surface area contributed by atoms with Crippen molar-refractivity contribution in [3.8, 4) is 11.5 Å². The van der Waals surface area contributed by atoms with Crippen LogP contribution in [0.2, 0.25) is 0 Å². The van der Waals surface area contributed by atoms with Crippen LogP contribution < -0.4 is 20.0 Å². The second-order valence-corrected chi connectivity index (χ2v) is 7.21. The summed E-state index contributed by atoms with van der Waals surface area (Å²) in [6.45, 7) is 7.98. The highest BCUT2D eigenvalue weighted by Crippen LogP contribution is 2.33. The van der Waals surface area contributed by atoms with E-state index in [-0.39, 0.29) is 5.63 Å². The van der Waals surface area contributed by atoms with Crippen LogP contribution >= 0.6 is 0 Å². The van der Waals surface area contributed by atoms with Gasteiger partial charge in [-0.1, -0.05) is 12.1 Å². The zero-order valence-electron chi connectivity index (χ0n) is 16.1. The normalized spacial score (nSPS) is 16.1. The minimum absolute atomic E-state index is 0.276. The predicted octanol–water partition coefficient (Wildman–Crippen LogP) is 2.66. The lowest BCUT2D eigenvalue weighted by Gasteiger charge is -2.28. The van der Waals surface area contributed by atoms with Gasteiger partial charge in [0.25, 0.3) is 0 Å². The Morgan fingerprint density at radius 2 is 1.89 bits per heavy atom. The van der Waals surface area contributed by atoms with Gasteiger partial charge in [-0.2, -0.15) is 0 Å². The quantitative estimate of drug-likeness (QED) is 0.724. The molecule has 0 fully saturated rings. The van der Waals surface area contributed by atoms with Crippen molar-refractivity contribution in [3.05, 3.63) is 68.6 Å². The number of nitrogens with one attached hydrogen (secondary N) is 1. The molecule has 0 saturated carbocycles. The van der Waals surface area contributed by atoms with Gasteiger partial charge < -0.3 is 13.9 Å². The second-order valence-electron chi connectivity index (χ2n) is 7.21. The Hall–Kier alpha value is -2.79. The molecule has 0 spiro atoms. The number of benzene rings is 2. The molecule has 1 aromatic heterocycles. The van der Waals surface area contributed by atoms with Crippen LogP contribution in [-0.2, 0) is 13.1 Å². The van der Waals surface area contributed by atoms with E-state index < -0.39 is 0 Å². The third kappa shape index (κ3) is 2.98. The maximum absolute atomic E-state index is 12.1. The first-order valence-corrected chi connectivity index (χ1v) is 9.14. The molecule has 1 unspecified atom stereocenters. The number of quaternary nitrogens is 1. The van der Waals surface area contributed by atoms with Gasteiger partial charge in [0.1, 0.15) is 30.2 Å². The van der Waals surface area contributed by atoms with Gasteiger partial charge in [0.05, 0.1) is 7.11 Å².